The summed E-state index contributed by atoms with van der Waals surface area (Å²) in [5, 5.41) is 2.78. The van der Waals surface area contributed by atoms with Crippen molar-refractivity contribution >= 4 is 11.9 Å². The summed E-state index contributed by atoms with van der Waals surface area (Å²) in [6, 6.07) is 8.26. The quantitative estimate of drug-likeness (QED) is 0.668. The van der Waals surface area contributed by atoms with E-state index in [0.717, 1.165) is 6.42 Å². The molecule has 1 amide bonds. The number of nitrogens with one attached hydrogen (secondary N) is 1. The molecule has 0 aliphatic heterocycles. The molecule has 23 heavy (non-hydrogen) atoms. The van der Waals surface area contributed by atoms with Crippen molar-refractivity contribution in [2.24, 2.45) is 5.92 Å². The van der Waals surface area contributed by atoms with Crippen LogP contribution in [0.1, 0.15) is 49.4 Å². The normalized spacial score (nSPS) is 20.8. The van der Waals surface area contributed by atoms with Crippen molar-refractivity contribution in [2.45, 2.75) is 45.1 Å². The highest BCUT2D eigenvalue weighted by Crippen LogP contribution is 2.29. The van der Waals surface area contributed by atoms with Crippen LogP contribution in [0.3, 0.4) is 0 Å². The molecule has 0 aromatic heterocycles. The van der Waals surface area contributed by atoms with E-state index in [1.807, 2.05) is 6.07 Å². The number of ether oxygens (including phenoxy) is 1. The van der Waals surface area contributed by atoms with E-state index in [2.05, 4.69) is 18.3 Å². The van der Waals surface area contributed by atoms with Gasteiger partial charge < -0.3 is 10.1 Å². The summed E-state index contributed by atoms with van der Waals surface area (Å²) in [5.74, 6) is -0.0995. The summed E-state index contributed by atoms with van der Waals surface area (Å²) >= 11 is 0. The minimum absolute atomic E-state index is 0.254. The largest absolute Gasteiger partial charge is 0.467 e. The van der Waals surface area contributed by atoms with Gasteiger partial charge in [0.1, 0.15) is 6.04 Å². The first-order valence-corrected chi connectivity index (χ1v) is 8.24. The van der Waals surface area contributed by atoms with Crippen LogP contribution >= 0.6 is 0 Å². The molecule has 1 unspecified atom stereocenters. The predicted molar refractivity (Wildman–Crippen MR) is 90.0 cm³/mol. The first-order chi connectivity index (χ1) is 11.1. The summed E-state index contributed by atoms with van der Waals surface area (Å²) < 4.78 is 4.83. The van der Waals surface area contributed by atoms with Crippen LogP contribution in [0.2, 0.25) is 0 Å². The molecule has 2 atom stereocenters. The van der Waals surface area contributed by atoms with Gasteiger partial charge in [0.2, 0.25) is 0 Å². The molecule has 1 N–H and O–H groups in total. The average molecular weight is 315 g/mol. The summed E-state index contributed by atoms with van der Waals surface area (Å²) in [6.45, 7) is 2.22. The minimum atomic E-state index is -0.644. The van der Waals surface area contributed by atoms with Crippen LogP contribution in [0.4, 0.5) is 0 Å². The first kappa shape index (κ1) is 17.3. The predicted octanol–water partition coefficient (Wildman–Crippen LogP) is 3.48. The van der Waals surface area contributed by atoms with Crippen molar-refractivity contribution in [1.29, 1.82) is 0 Å². The summed E-state index contributed by atoms with van der Waals surface area (Å²) in [4.78, 5) is 24.2. The molecule has 1 fully saturated rings. The van der Waals surface area contributed by atoms with Crippen LogP contribution in [-0.4, -0.2) is 25.0 Å². The van der Waals surface area contributed by atoms with E-state index in [1.165, 1.54) is 31.9 Å². The number of rotatable bonds is 5. The summed E-state index contributed by atoms with van der Waals surface area (Å²) in [7, 11) is 1.35. The van der Waals surface area contributed by atoms with Crippen molar-refractivity contribution in [3.05, 3.63) is 47.5 Å². The van der Waals surface area contributed by atoms with Crippen LogP contribution in [0.15, 0.2) is 42.0 Å². The number of carbonyl (C=O) groups is 2. The molecule has 0 bridgehead atoms. The van der Waals surface area contributed by atoms with E-state index in [-0.39, 0.29) is 5.91 Å². The van der Waals surface area contributed by atoms with Crippen molar-refractivity contribution in [1.82, 2.24) is 5.32 Å². The number of hydrogen-bond acceptors (Lipinski definition) is 3. The molecular weight excluding hydrogens is 290 g/mol. The number of methoxy groups -OCH3 is 1. The second-order valence-electron chi connectivity index (χ2n) is 6.08. The molecule has 1 aliphatic rings. The fraction of sp³-hybridized carbons (Fsp3) is 0.474. The van der Waals surface area contributed by atoms with Gasteiger partial charge in [-0.05, 0) is 43.7 Å². The highest BCUT2D eigenvalue weighted by atomic mass is 16.5. The van der Waals surface area contributed by atoms with Crippen LogP contribution < -0.4 is 5.32 Å². The monoisotopic (exact) mass is 315 g/mol. The van der Waals surface area contributed by atoms with Gasteiger partial charge in [0.15, 0.2) is 0 Å². The van der Waals surface area contributed by atoms with E-state index in [4.69, 9.17) is 4.74 Å². The standard InChI is InChI=1S/C19H25NO3/c1-14-8-6-7-9-15(14)12-13-17(19(22)23-2)20-18(21)16-10-4-3-5-11-16/h3-5,10-12,14,17H,6-9,13H2,1-2H3,(H,20,21)/b15-12-/t14?,17-/m0/s1. The Hall–Kier alpha value is -2.10. The molecule has 124 valence electrons. The number of amides is 1. The third-order valence-corrected chi connectivity index (χ3v) is 4.43. The van der Waals surface area contributed by atoms with Crippen LogP contribution in [0.5, 0.6) is 0 Å². The molecule has 0 heterocycles. The Labute approximate surface area is 137 Å². The number of carbonyl (C=O) groups excluding carboxylic acids is 2. The fourth-order valence-corrected chi connectivity index (χ4v) is 2.97. The third kappa shape index (κ3) is 4.95. The summed E-state index contributed by atoms with van der Waals surface area (Å²) in [6.07, 6.45) is 7.34. The Morgan fingerprint density at radius 2 is 2.04 bits per heavy atom. The van der Waals surface area contributed by atoms with E-state index in [0.29, 0.717) is 17.9 Å². The maximum Gasteiger partial charge on any atom is 0.328 e. The van der Waals surface area contributed by atoms with E-state index < -0.39 is 12.0 Å². The van der Waals surface area contributed by atoms with Gasteiger partial charge in [-0.25, -0.2) is 4.79 Å². The lowest BCUT2D eigenvalue weighted by atomic mass is 9.85. The maximum atomic E-state index is 12.3. The van der Waals surface area contributed by atoms with Crippen molar-refractivity contribution in [2.75, 3.05) is 7.11 Å². The van der Waals surface area contributed by atoms with Gasteiger partial charge in [-0.2, -0.15) is 0 Å². The maximum absolute atomic E-state index is 12.3. The van der Waals surface area contributed by atoms with Crippen LogP contribution in [0, 0.1) is 5.92 Å². The Morgan fingerprint density at radius 1 is 1.30 bits per heavy atom. The zero-order chi connectivity index (χ0) is 16.7. The smallest absolute Gasteiger partial charge is 0.328 e. The topological polar surface area (TPSA) is 55.4 Å². The van der Waals surface area contributed by atoms with Crippen molar-refractivity contribution in [3.8, 4) is 0 Å². The third-order valence-electron chi connectivity index (χ3n) is 4.43. The number of benzene rings is 1. The minimum Gasteiger partial charge on any atom is -0.467 e. The Bertz CT molecular complexity index is 565. The molecule has 4 nitrogen and oxygen atoms in total. The molecule has 1 aromatic carbocycles. The zero-order valence-corrected chi connectivity index (χ0v) is 13.9. The van der Waals surface area contributed by atoms with Gasteiger partial charge in [-0.3, -0.25) is 4.79 Å². The molecule has 1 aromatic rings. The Balaban J connectivity index is 2.04. The Kier molecular flexibility index (Phi) is 6.39. The SMILES string of the molecule is COC(=O)[C@H](C/C=C1/CCCCC1C)NC(=O)c1ccccc1. The zero-order valence-electron chi connectivity index (χ0n) is 13.9. The Morgan fingerprint density at radius 3 is 2.70 bits per heavy atom. The van der Waals surface area contributed by atoms with Gasteiger partial charge in [0.25, 0.3) is 5.91 Å². The average Bonchev–Trinajstić information content (AvgIpc) is 2.59. The molecule has 2 rings (SSSR count). The van der Waals surface area contributed by atoms with Gasteiger partial charge in [-0.15, -0.1) is 0 Å². The molecular formula is C19H25NO3. The number of allylic oxidation sites excluding steroid dienone is 1. The van der Waals surface area contributed by atoms with Crippen LogP contribution in [0.25, 0.3) is 0 Å². The van der Waals surface area contributed by atoms with E-state index in [9.17, 15) is 9.59 Å². The van der Waals surface area contributed by atoms with Crippen molar-refractivity contribution in [3.63, 3.8) is 0 Å². The lowest BCUT2D eigenvalue weighted by Crippen LogP contribution is -2.41. The number of esters is 1. The highest BCUT2D eigenvalue weighted by Gasteiger charge is 2.22. The lowest BCUT2D eigenvalue weighted by molar-refractivity contribution is -0.142. The molecule has 0 saturated heterocycles. The highest BCUT2D eigenvalue weighted by molar-refractivity contribution is 5.96. The second-order valence-corrected chi connectivity index (χ2v) is 6.08. The second kappa shape index (κ2) is 8.51. The molecule has 0 spiro atoms. The molecule has 4 heteroatoms. The van der Waals surface area contributed by atoms with Crippen molar-refractivity contribution < 1.29 is 14.3 Å². The van der Waals surface area contributed by atoms with E-state index >= 15 is 0 Å². The van der Waals surface area contributed by atoms with E-state index in [1.54, 1.807) is 24.3 Å². The fourth-order valence-electron chi connectivity index (χ4n) is 2.97. The number of hydrogen-bond donors (Lipinski definition) is 1. The van der Waals surface area contributed by atoms with Crippen LogP contribution in [-0.2, 0) is 9.53 Å². The molecule has 1 aliphatic carbocycles. The molecule has 0 radical (unpaired) electrons. The van der Waals surface area contributed by atoms with Gasteiger partial charge in [0, 0.05) is 5.56 Å². The lowest BCUT2D eigenvalue weighted by Gasteiger charge is -2.22. The van der Waals surface area contributed by atoms with Gasteiger partial charge in [0.05, 0.1) is 7.11 Å². The van der Waals surface area contributed by atoms with Gasteiger partial charge >= 0.3 is 5.97 Å². The summed E-state index contributed by atoms with van der Waals surface area (Å²) in [5.41, 5.74) is 1.93. The first-order valence-electron chi connectivity index (χ1n) is 8.24. The molecule has 1 saturated carbocycles. The van der Waals surface area contributed by atoms with Gasteiger partial charge in [-0.1, -0.05) is 43.2 Å².